The normalized spacial score (nSPS) is 24.4. The van der Waals surface area contributed by atoms with E-state index in [0.717, 1.165) is 60.6 Å². The molecule has 0 aromatic heterocycles. The first-order valence-electron chi connectivity index (χ1n) is 16.1. The van der Waals surface area contributed by atoms with Gasteiger partial charge in [0.1, 0.15) is 11.3 Å². The van der Waals surface area contributed by atoms with E-state index >= 15 is 0 Å². The number of benzene rings is 3. The molecule has 0 bridgehead atoms. The Morgan fingerprint density at radius 2 is 1.73 bits per heavy atom. The van der Waals surface area contributed by atoms with Crippen LogP contribution in [0.4, 0.5) is 5.69 Å². The van der Waals surface area contributed by atoms with Crippen molar-refractivity contribution < 1.29 is 28.5 Å². The van der Waals surface area contributed by atoms with Gasteiger partial charge in [-0.1, -0.05) is 36.7 Å². The first-order chi connectivity index (χ1) is 21.8. The molecule has 0 saturated heterocycles. The smallest absolute Gasteiger partial charge is 0.331 e. The Morgan fingerprint density at radius 3 is 2.42 bits per heavy atom. The minimum atomic E-state index is -0.823. The molecule has 45 heavy (non-hydrogen) atoms. The molecular weight excluding hydrogens is 590 g/mol. The number of carbonyl (C=O) groups excluding carboxylic acids is 1. The molecule has 3 aromatic rings. The fourth-order valence-corrected chi connectivity index (χ4v) is 7.94. The van der Waals surface area contributed by atoms with Crippen LogP contribution in [-0.2, 0) is 32.7 Å². The molecule has 1 heterocycles. The summed E-state index contributed by atoms with van der Waals surface area (Å²) in [7, 11) is 3.15. The molecule has 240 valence electrons. The predicted octanol–water partition coefficient (Wildman–Crippen LogP) is 7.76. The highest BCUT2D eigenvalue weighted by Crippen LogP contribution is 2.58. The second-order valence-corrected chi connectivity index (χ2v) is 13.4. The summed E-state index contributed by atoms with van der Waals surface area (Å²) in [6.07, 6.45) is 5.88. The second-order valence-electron chi connectivity index (χ2n) is 13.0. The second kappa shape index (κ2) is 13.5. The number of halogens is 1. The number of ether oxygens (including phenoxy) is 5. The van der Waals surface area contributed by atoms with Crippen molar-refractivity contribution in [2.45, 2.75) is 69.4 Å². The lowest BCUT2D eigenvalue weighted by atomic mass is 9.59. The van der Waals surface area contributed by atoms with E-state index in [1.54, 1.807) is 7.11 Å². The molecule has 1 saturated carbocycles. The van der Waals surface area contributed by atoms with Gasteiger partial charge in [0, 0.05) is 23.7 Å². The summed E-state index contributed by atoms with van der Waals surface area (Å²) in [6.45, 7) is 4.86. The Morgan fingerprint density at radius 1 is 1.00 bits per heavy atom. The number of methoxy groups -OCH3 is 2. The van der Waals surface area contributed by atoms with E-state index in [2.05, 4.69) is 24.4 Å². The third kappa shape index (κ3) is 6.61. The summed E-state index contributed by atoms with van der Waals surface area (Å²) in [5.74, 6) is 3.06. The molecule has 6 rings (SSSR count). The van der Waals surface area contributed by atoms with Gasteiger partial charge in [-0.25, -0.2) is 4.79 Å². The molecule has 7 nitrogen and oxygen atoms in total. The van der Waals surface area contributed by atoms with Crippen LogP contribution in [0.1, 0.15) is 62.1 Å². The Kier molecular flexibility index (Phi) is 9.48. The van der Waals surface area contributed by atoms with Crippen molar-refractivity contribution >= 4 is 23.3 Å². The van der Waals surface area contributed by atoms with Crippen LogP contribution in [0.5, 0.6) is 17.2 Å². The highest BCUT2D eigenvalue weighted by molar-refractivity contribution is 6.30. The lowest BCUT2D eigenvalue weighted by Gasteiger charge is -2.47. The standard InChI is InChI=1S/C37H44ClNO6/c1-25(23-43-24-26-8-10-31(41-2)11-9-26)18-28-19-27-20-33-34(45-17-5-16-44-33)22-32(27)36(28)12-14-37(15-13-36,35(40)42-3)39-30-7-4-6-29(38)21-30/h4,6-11,20-22,25,28,39H,5,12-19,23-24H2,1-3H3/t25-,28?,36?,37?/m1/s1. The van der Waals surface area contributed by atoms with E-state index in [4.69, 9.17) is 35.3 Å². The largest absolute Gasteiger partial charge is 0.497 e. The van der Waals surface area contributed by atoms with Crippen LogP contribution in [0.3, 0.4) is 0 Å². The van der Waals surface area contributed by atoms with Crippen LogP contribution in [0, 0.1) is 11.8 Å². The maximum absolute atomic E-state index is 13.4. The summed E-state index contributed by atoms with van der Waals surface area (Å²) in [4.78, 5) is 13.4. The SMILES string of the molecule is COC(=O)C1(Nc2cccc(Cl)c2)CCC2(CC1)c1cc3c(cc1CC2C[C@@H](C)COCc1ccc(OC)cc1)OCCCO3. The molecule has 2 atom stereocenters. The molecule has 1 fully saturated rings. The van der Waals surface area contributed by atoms with Gasteiger partial charge < -0.3 is 29.0 Å². The molecule has 1 aliphatic heterocycles. The number of rotatable bonds is 10. The summed E-state index contributed by atoms with van der Waals surface area (Å²) in [5.41, 5.74) is 3.74. The molecule has 8 heteroatoms. The van der Waals surface area contributed by atoms with Crippen LogP contribution in [0.15, 0.2) is 60.7 Å². The van der Waals surface area contributed by atoms with Crippen LogP contribution in [0.2, 0.25) is 5.02 Å². The third-order valence-corrected chi connectivity index (χ3v) is 10.3. The molecule has 3 aliphatic rings. The predicted molar refractivity (Wildman–Crippen MR) is 176 cm³/mol. The fourth-order valence-electron chi connectivity index (χ4n) is 7.74. The minimum Gasteiger partial charge on any atom is -0.497 e. The van der Waals surface area contributed by atoms with Gasteiger partial charge in [-0.2, -0.15) is 0 Å². The summed E-state index contributed by atoms with van der Waals surface area (Å²) in [6, 6.07) is 20.1. The fraction of sp³-hybridized carbons (Fsp3) is 0.486. The lowest BCUT2D eigenvalue weighted by molar-refractivity contribution is -0.148. The Labute approximate surface area is 271 Å². The minimum absolute atomic E-state index is 0.0855. The Hall–Kier alpha value is -3.42. The topological polar surface area (TPSA) is 75.3 Å². The van der Waals surface area contributed by atoms with Crippen LogP contribution < -0.4 is 19.5 Å². The van der Waals surface area contributed by atoms with Crippen LogP contribution in [-0.4, -0.2) is 45.5 Å². The van der Waals surface area contributed by atoms with Crippen molar-refractivity contribution in [1.82, 2.24) is 0 Å². The number of hydrogen-bond donors (Lipinski definition) is 1. The Bertz CT molecular complexity index is 1480. The zero-order valence-corrected chi connectivity index (χ0v) is 27.3. The quantitative estimate of drug-likeness (QED) is 0.229. The van der Waals surface area contributed by atoms with Gasteiger partial charge in [0.25, 0.3) is 0 Å². The number of nitrogens with one attached hydrogen (secondary N) is 1. The van der Waals surface area contributed by atoms with Gasteiger partial charge >= 0.3 is 5.97 Å². The Balaban J connectivity index is 1.23. The van der Waals surface area contributed by atoms with Crippen molar-refractivity contribution in [3.05, 3.63) is 82.4 Å². The van der Waals surface area contributed by atoms with Crippen LogP contribution in [0.25, 0.3) is 0 Å². The van der Waals surface area contributed by atoms with E-state index in [-0.39, 0.29) is 11.4 Å². The van der Waals surface area contributed by atoms with Gasteiger partial charge in [0.05, 0.1) is 34.0 Å². The zero-order valence-electron chi connectivity index (χ0n) is 26.5. The number of esters is 1. The highest BCUT2D eigenvalue weighted by atomic mass is 35.5. The summed E-state index contributed by atoms with van der Waals surface area (Å²) >= 11 is 6.30. The molecule has 1 N–H and O–H groups in total. The monoisotopic (exact) mass is 633 g/mol. The number of fused-ring (bicyclic) bond motifs is 3. The van der Waals surface area contributed by atoms with E-state index in [1.165, 1.54) is 18.2 Å². The van der Waals surface area contributed by atoms with Gasteiger partial charge in [-0.3, -0.25) is 0 Å². The van der Waals surface area contributed by atoms with Crippen molar-refractivity contribution in [2.24, 2.45) is 11.8 Å². The third-order valence-electron chi connectivity index (χ3n) is 10.1. The van der Waals surface area contributed by atoms with E-state index < -0.39 is 5.54 Å². The van der Waals surface area contributed by atoms with E-state index in [1.807, 2.05) is 48.5 Å². The molecule has 2 aliphatic carbocycles. The maximum atomic E-state index is 13.4. The molecule has 0 radical (unpaired) electrons. The summed E-state index contributed by atoms with van der Waals surface area (Å²) in [5, 5.41) is 4.18. The molecule has 0 amide bonds. The van der Waals surface area contributed by atoms with Crippen molar-refractivity contribution in [2.75, 3.05) is 39.4 Å². The van der Waals surface area contributed by atoms with Crippen LogP contribution >= 0.6 is 11.6 Å². The summed E-state index contributed by atoms with van der Waals surface area (Å²) < 4.78 is 29.1. The van der Waals surface area contributed by atoms with Gasteiger partial charge in [0.2, 0.25) is 0 Å². The zero-order chi connectivity index (χ0) is 31.4. The number of carbonyl (C=O) groups is 1. The number of hydrogen-bond acceptors (Lipinski definition) is 7. The highest BCUT2D eigenvalue weighted by Gasteiger charge is 2.54. The molecule has 1 spiro atoms. The number of anilines is 1. The molecular formula is C37H44ClNO6. The first-order valence-corrected chi connectivity index (χ1v) is 16.5. The molecule has 3 aromatic carbocycles. The van der Waals surface area contributed by atoms with Crippen molar-refractivity contribution in [3.8, 4) is 17.2 Å². The molecule has 1 unspecified atom stereocenters. The average molecular weight is 634 g/mol. The van der Waals surface area contributed by atoms with Crippen molar-refractivity contribution in [3.63, 3.8) is 0 Å². The maximum Gasteiger partial charge on any atom is 0.331 e. The van der Waals surface area contributed by atoms with E-state index in [0.29, 0.717) is 56.1 Å². The first kappa shape index (κ1) is 31.6. The van der Waals surface area contributed by atoms with Gasteiger partial charge in [-0.15, -0.1) is 0 Å². The van der Waals surface area contributed by atoms with Crippen molar-refractivity contribution in [1.29, 1.82) is 0 Å². The lowest BCUT2D eigenvalue weighted by Crippen LogP contribution is -2.53. The van der Waals surface area contributed by atoms with E-state index in [9.17, 15) is 4.79 Å². The average Bonchev–Trinajstić information content (AvgIpc) is 3.16. The van der Waals surface area contributed by atoms with Gasteiger partial charge in [-0.05, 0) is 115 Å². The van der Waals surface area contributed by atoms with Gasteiger partial charge in [0.15, 0.2) is 11.5 Å².